The van der Waals surface area contributed by atoms with E-state index in [-0.39, 0.29) is 5.91 Å². The first kappa shape index (κ1) is 11.7. The lowest BCUT2D eigenvalue weighted by molar-refractivity contribution is 0.0827. The average Bonchev–Trinajstić information content (AvgIpc) is 2.27. The van der Waals surface area contributed by atoms with Gasteiger partial charge in [0.2, 0.25) is 0 Å². The first-order chi connectivity index (χ1) is 7.08. The van der Waals surface area contributed by atoms with Crippen molar-refractivity contribution >= 4 is 5.91 Å². The monoisotopic (exact) mass is 206 g/mol. The lowest BCUT2D eigenvalue weighted by Crippen LogP contribution is -2.22. The molecule has 2 N–H and O–H groups in total. The maximum Gasteiger partial charge on any atom is 0.253 e. The number of nitrogens with two attached hydrogens (primary N) is 1. The van der Waals surface area contributed by atoms with Gasteiger partial charge in [0.05, 0.1) is 0 Å². The van der Waals surface area contributed by atoms with Gasteiger partial charge in [0.1, 0.15) is 0 Å². The van der Waals surface area contributed by atoms with Crippen molar-refractivity contribution < 1.29 is 4.79 Å². The van der Waals surface area contributed by atoms with Crippen molar-refractivity contribution in [1.29, 1.82) is 0 Å². The molecule has 15 heavy (non-hydrogen) atoms. The van der Waals surface area contributed by atoms with Crippen molar-refractivity contribution in [2.45, 2.75) is 19.9 Å². The third kappa shape index (κ3) is 2.80. The number of amides is 1. The van der Waals surface area contributed by atoms with Crippen molar-refractivity contribution in [2.75, 3.05) is 14.1 Å². The predicted molar refractivity (Wildman–Crippen MR) is 61.7 cm³/mol. The Morgan fingerprint density at radius 3 is 2.33 bits per heavy atom. The highest BCUT2D eigenvalue weighted by molar-refractivity contribution is 5.94. The quantitative estimate of drug-likeness (QED) is 0.812. The molecular formula is C12H18N2O. The van der Waals surface area contributed by atoms with Gasteiger partial charge in [-0.15, -0.1) is 0 Å². The number of nitrogens with zero attached hydrogens (tertiary/aromatic N) is 1. The smallest absolute Gasteiger partial charge is 0.253 e. The molecule has 1 aromatic carbocycles. The van der Waals surface area contributed by atoms with Crippen LogP contribution < -0.4 is 5.73 Å². The van der Waals surface area contributed by atoms with Gasteiger partial charge >= 0.3 is 0 Å². The summed E-state index contributed by atoms with van der Waals surface area (Å²) in [6.07, 6.45) is 0.918. The predicted octanol–water partition coefficient (Wildman–Crippen LogP) is 1.41. The Labute approximate surface area is 90.9 Å². The Morgan fingerprint density at radius 1 is 1.27 bits per heavy atom. The molecule has 0 aromatic heterocycles. The molecule has 0 aliphatic heterocycles. The fraction of sp³-hybridized carbons (Fsp3) is 0.417. The van der Waals surface area contributed by atoms with E-state index >= 15 is 0 Å². The molecule has 0 aliphatic rings. The minimum atomic E-state index is 0.0278. The molecule has 0 aliphatic carbocycles. The summed E-state index contributed by atoms with van der Waals surface area (Å²) in [5.41, 5.74) is 8.48. The van der Waals surface area contributed by atoms with E-state index in [2.05, 4.69) is 6.92 Å². The molecule has 0 bridgehead atoms. The molecule has 3 nitrogen and oxygen atoms in total. The third-order valence-corrected chi connectivity index (χ3v) is 2.35. The summed E-state index contributed by atoms with van der Waals surface area (Å²) in [6.45, 7) is 2.54. The van der Waals surface area contributed by atoms with Crippen LogP contribution in [-0.2, 0) is 13.0 Å². The second-order valence-electron chi connectivity index (χ2n) is 3.80. The number of aryl methyl sites for hydroxylation is 1. The lowest BCUT2D eigenvalue weighted by Gasteiger charge is -2.12. The zero-order chi connectivity index (χ0) is 11.4. The van der Waals surface area contributed by atoms with Crippen molar-refractivity contribution in [1.82, 2.24) is 4.90 Å². The number of carbonyl (C=O) groups is 1. The number of rotatable bonds is 3. The molecule has 3 heteroatoms. The largest absolute Gasteiger partial charge is 0.345 e. The van der Waals surface area contributed by atoms with Gasteiger partial charge in [-0.3, -0.25) is 4.79 Å². The highest BCUT2D eigenvalue weighted by atomic mass is 16.2. The Balaban J connectivity index is 3.12. The molecule has 0 atom stereocenters. The molecule has 1 aromatic rings. The molecule has 0 unspecified atom stereocenters. The van der Waals surface area contributed by atoms with Crippen LogP contribution in [0.1, 0.15) is 28.4 Å². The molecule has 0 heterocycles. The molecule has 0 saturated heterocycles. The molecule has 0 fully saturated rings. The summed E-state index contributed by atoms with van der Waals surface area (Å²) in [5, 5.41) is 0. The van der Waals surface area contributed by atoms with E-state index in [9.17, 15) is 4.79 Å². The van der Waals surface area contributed by atoms with Gasteiger partial charge in [-0.25, -0.2) is 0 Å². The first-order valence-electron chi connectivity index (χ1n) is 5.13. The Hall–Kier alpha value is -1.35. The van der Waals surface area contributed by atoms with Crippen molar-refractivity contribution in [3.8, 4) is 0 Å². The van der Waals surface area contributed by atoms with E-state index in [0.717, 1.165) is 23.1 Å². The van der Waals surface area contributed by atoms with Gasteiger partial charge < -0.3 is 10.6 Å². The van der Waals surface area contributed by atoms with Crippen LogP contribution >= 0.6 is 0 Å². The molecule has 0 spiro atoms. The highest BCUT2D eigenvalue weighted by Gasteiger charge is 2.09. The van der Waals surface area contributed by atoms with Crippen LogP contribution in [0, 0.1) is 0 Å². The average molecular weight is 206 g/mol. The van der Waals surface area contributed by atoms with Crippen LogP contribution in [0.5, 0.6) is 0 Å². The number of carbonyl (C=O) groups excluding carboxylic acids is 1. The maximum atomic E-state index is 11.8. The van der Waals surface area contributed by atoms with Gasteiger partial charge in [-0.05, 0) is 29.7 Å². The van der Waals surface area contributed by atoms with E-state index < -0.39 is 0 Å². The van der Waals surface area contributed by atoms with Crippen LogP contribution in [0.15, 0.2) is 18.2 Å². The molecule has 0 saturated carbocycles. The van der Waals surface area contributed by atoms with E-state index in [1.165, 1.54) is 0 Å². The molecule has 0 radical (unpaired) electrons. The van der Waals surface area contributed by atoms with E-state index in [4.69, 9.17) is 5.73 Å². The van der Waals surface area contributed by atoms with Gasteiger partial charge in [-0.1, -0.05) is 13.0 Å². The van der Waals surface area contributed by atoms with E-state index in [0.29, 0.717) is 6.54 Å². The van der Waals surface area contributed by atoms with E-state index in [1.807, 2.05) is 18.2 Å². The topological polar surface area (TPSA) is 46.3 Å². The lowest BCUT2D eigenvalue weighted by atomic mass is 10.0. The van der Waals surface area contributed by atoms with Gasteiger partial charge in [0, 0.05) is 26.2 Å². The maximum absolute atomic E-state index is 11.8. The Morgan fingerprint density at radius 2 is 1.87 bits per heavy atom. The van der Waals surface area contributed by atoms with Gasteiger partial charge in [0.15, 0.2) is 0 Å². The number of hydrogen-bond acceptors (Lipinski definition) is 2. The summed E-state index contributed by atoms with van der Waals surface area (Å²) in [5.74, 6) is 0.0278. The SMILES string of the molecule is CCc1cc(CN)cc(C(=O)N(C)C)c1. The summed E-state index contributed by atoms with van der Waals surface area (Å²) in [4.78, 5) is 13.3. The van der Waals surface area contributed by atoms with Crippen LogP contribution in [-0.4, -0.2) is 24.9 Å². The molecular weight excluding hydrogens is 188 g/mol. The third-order valence-electron chi connectivity index (χ3n) is 2.35. The summed E-state index contributed by atoms with van der Waals surface area (Å²) in [6, 6.07) is 5.84. The van der Waals surface area contributed by atoms with Gasteiger partial charge in [-0.2, -0.15) is 0 Å². The van der Waals surface area contributed by atoms with Gasteiger partial charge in [0.25, 0.3) is 5.91 Å². The van der Waals surface area contributed by atoms with Crippen LogP contribution in [0.2, 0.25) is 0 Å². The molecule has 1 rings (SSSR count). The second kappa shape index (κ2) is 4.94. The van der Waals surface area contributed by atoms with E-state index in [1.54, 1.807) is 19.0 Å². The summed E-state index contributed by atoms with van der Waals surface area (Å²) < 4.78 is 0. The fourth-order valence-electron chi connectivity index (χ4n) is 1.47. The summed E-state index contributed by atoms with van der Waals surface area (Å²) in [7, 11) is 3.51. The van der Waals surface area contributed by atoms with Crippen molar-refractivity contribution in [3.05, 3.63) is 34.9 Å². The fourth-order valence-corrected chi connectivity index (χ4v) is 1.47. The second-order valence-corrected chi connectivity index (χ2v) is 3.80. The van der Waals surface area contributed by atoms with Crippen molar-refractivity contribution in [2.24, 2.45) is 5.73 Å². The highest BCUT2D eigenvalue weighted by Crippen LogP contribution is 2.12. The van der Waals surface area contributed by atoms with Crippen LogP contribution in [0.3, 0.4) is 0 Å². The zero-order valence-electron chi connectivity index (χ0n) is 9.58. The standard InChI is InChI=1S/C12H18N2O/c1-4-9-5-10(8-13)7-11(6-9)12(15)14(2)3/h5-7H,4,8,13H2,1-3H3. The zero-order valence-corrected chi connectivity index (χ0v) is 9.58. The van der Waals surface area contributed by atoms with Crippen LogP contribution in [0.25, 0.3) is 0 Å². The molecule has 82 valence electrons. The Kier molecular flexibility index (Phi) is 3.86. The minimum absolute atomic E-state index is 0.0278. The number of benzene rings is 1. The molecule has 1 amide bonds. The Bertz CT molecular complexity index is 336. The van der Waals surface area contributed by atoms with Crippen LogP contribution in [0.4, 0.5) is 0 Å². The summed E-state index contributed by atoms with van der Waals surface area (Å²) >= 11 is 0. The normalized spacial score (nSPS) is 10.1. The number of hydrogen-bond donors (Lipinski definition) is 1. The first-order valence-corrected chi connectivity index (χ1v) is 5.13. The van der Waals surface area contributed by atoms with Crippen molar-refractivity contribution in [3.63, 3.8) is 0 Å². The minimum Gasteiger partial charge on any atom is -0.345 e.